The van der Waals surface area contributed by atoms with Crippen molar-refractivity contribution in [2.45, 2.75) is 6.54 Å². The van der Waals surface area contributed by atoms with Crippen LogP contribution in [0.4, 0.5) is 10.1 Å². The average Bonchev–Trinajstić information content (AvgIpc) is 3.40. The second kappa shape index (κ2) is 10.0. The minimum atomic E-state index is -0.564. The number of benzene rings is 2. The molecule has 1 amide bonds. The highest BCUT2D eigenvalue weighted by Crippen LogP contribution is 2.30. The molecule has 3 heterocycles. The fourth-order valence-electron chi connectivity index (χ4n) is 4.19. The number of hydrogen-bond donors (Lipinski definition) is 0. The SMILES string of the molecule is O=C(c1cc(-c2ccc(-c3cc([N+](=O)[O-])ccc3F)cc2)on1)N1CCN(Cc2ccncc2)CC1. The number of amides is 1. The van der Waals surface area contributed by atoms with Crippen molar-refractivity contribution in [3.05, 3.63) is 100 Å². The molecule has 0 unspecified atom stereocenters. The summed E-state index contributed by atoms with van der Waals surface area (Å²) in [6, 6.07) is 15.6. The standard InChI is InChI=1S/C26H22FN5O4/c27-23-6-5-21(32(34)35)15-22(23)19-1-3-20(4-2-19)25-16-24(29-36-25)26(33)31-13-11-30(12-14-31)17-18-7-9-28-10-8-18/h1-10,15-16H,11-14,17H2. The van der Waals surface area contributed by atoms with Crippen LogP contribution < -0.4 is 0 Å². The van der Waals surface area contributed by atoms with Gasteiger partial charge in [0.05, 0.1) is 4.92 Å². The molecule has 0 radical (unpaired) electrons. The number of carbonyl (C=O) groups is 1. The number of nitrogens with zero attached hydrogens (tertiary/aromatic N) is 5. The van der Waals surface area contributed by atoms with Gasteiger partial charge < -0.3 is 9.42 Å². The van der Waals surface area contributed by atoms with Gasteiger partial charge in [0.2, 0.25) is 0 Å². The first kappa shape index (κ1) is 23.3. The fraction of sp³-hybridized carbons (Fsp3) is 0.192. The van der Waals surface area contributed by atoms with Crippen molar-refractivity contribution in [2.75, 3.05) is 26.2 Å². The van der Waals surface area contributed by atoms with Crippen molar-refractivity contribution in [1.82, 2.24) is 19.9 Å². The van der Waals surface area contributed by atoms with E-state index < -0.39 is 10.7 Å². The maximum Gasteiger partial charge on any atom is 0.276 e. The van der Waals surface area contributed by atoms with E-state index in [0.717, 1.165) is 31.8 Å². The molecule has 0 N–H and O–H groups in total. The highest BCUT2D eigenvalue weighted by Gasteiger charge is 2.25. The molecule has 5 rings (SSSR count). The van der Waals surface area contributed by atoms with Crippen molar-refractivity contribution in [3.8, 4) is 22.5 Å². The van der Waals surface area contributed by atoms with Crippen LogP contribution in [0, 0.1) is 15.9 Å². The van der Waals surface area contributed by atoms with E-state index in [0.29, 0.717) is 30.0 Å². The Hall–Kier alpha value is -4.44. The Balaban J connectivity index is 1.23. The van der Waals surface area contributed by atoms with Crippen LogP contribution in [-0.4, -0.2) is 56.9 Å². The number of aromatic nitrogens is 2. The van der Waals surface area contributed by atoms with E-state index >= 15 is 0 Å². The molecule has 1 aliphatic rings. The van der Waals surface area contributed by atoms with Gasteiger partial charge in [-0.1, -0.05) is 29.4 Å². The molecule has 36 heavy (non-hydrogen) atoms. The zero-order valence-electron chi connectivity index (χ0n) is 19.2. The van der Waals surface area contributed by atoms with Gasteiger partial charge in [-0.15, -0.1) is 0 Å². The molecule has 1 saturated heterocycles. The van der Waals surface area contributed by atoms with Crippen molar-refractivity contribution in [2.24, 2.45) is 0 Å². The van der Waals surface area contributed by atoms with E-state index in [2.05, 4.69) is 15.0 Å². The summed E-state index contributed by atoms with van der Waals surface area (Å²) < 4.78 is 19.7. The number of halogens is 1. The molecule has 2 aromatic heterocycles. The van der Waals surface area contributed by atoms with Gasteiger partial charge in [-0.05, 0) is 29.3 Å². The Morgan fingerprint density at radius 2 is 1.67 bits per heavy atom. The van der Waals surface area contributed by atoms with Gasteiger partial charge in [-0.2, -0.15) is 0 Å². The summed E-state index contributed by atoms with van der Waals surface area (Å²) in [6.45, 7) is 3.52. The molecule has 0 atom stereocenters. The summed E-state index contributed by atoms with van der Waals surface area (Å²) in [6.07, 6.45) is 3.55. The smallest absolute Gasteiger partial charge is 0.276 e. The molecule has 0 bridgehead atoms. The maximum atomic E-state index is 14.2. The van der Waals surface area contributed by atoms with Crippen molar-refractivity contribution >= 4 is 11.6 Å². The predicted octanol–water partition coefficient (Wildman–Crippen LogP) is 4.41. The Bertz CT molecular complexity index is 1380. The first-order valence-electron chi connectivity index (χ1n) is 11.4. The van der Waals surface area contributed by atoms with Crippen molar-refractivity contribution in [3.63, 3.8) is 0 Å². The van der Waals surface area contributed by atoms with Gasteiger partial charge in [-0.3, -0.25) is 24.8 Å². The third kappa shape index (κ3) is 4.98. The first-order valence-corrected chi connectivity index (χ1v) is 11.4. The molecule has 0 saturated carbocycles. The lowest BCUT2D eigenvalue weighted by Gasteiger charge is -2.34. The van der Waals surface area contributed by atoms with Gasteiger partial charge in [0, 0.05) is 74.4 Å². The number of piperazine rings is 1. The molecular formula is C26H22FN5O4. The van der Waals surface area contributed by atoms with Gasteiger partial charge in [0.25, 0.3) is 11.6 Å². The van der Waals surface area contributed by atoms with Gasteiger partial charge in [0.1, 0.15) is 5.82 Å². The molecular weight excluding hydrogens is 465 g/mol. The van der Waals surface area contributed by atoms with Gasteiger partial charge >= 0.3 is 0 Å². The van der Waals surface area contributed by atoms with Gasteiger partial charge in [-0.25, -0.2) is 4.39 Å². The quantitative estimate of drug-likeness (QED) is 0.293. The number of pyridine rings is 1. The van der Waals surface area contributed by atoms with Crippen molar-refractivity contribution < 1.29 is 18.6 Å². The van der Waals surface area contributed by atoms with Crippen LogP contribution in [0.25, 0.3) is 22.5 Å². The zero-order valence-corrected chi connectivity index (χ0v) is 19.2. The largest absolute Gasteiger partial charge is 0.355 e. The van der Waals surface area contributed by atoms with E-state index in [1.165, 1.54) is 11.6 Å². The molecule has 4 aromatic rings. The average molecular weight is 487 g/mol. The number of nitro benzene ring substituents is 1. The summed E-state index contributed by atoms with van der Waals surface area (Å²) in [5.41, 5.74) is 2.49. The fourth-order valence-corrected chi connectivity index (χ4v) is 4.19. The van der Waals surface area contributed by atoms with Gasteiger partial charge in [0.15, 0.2) is 11.5 Å². The highest BCUT2D eigenvalue weighted by atomic mass is 19.1. The molecule has 2 aromatic carbocycles. The van der Waals surface area contributed by atoms with Crippen LogP contribution in [0.15, 0.2) is 77.6 Å². The number of rotatable bonds is 6. The Morgan fingerprint density at radius 3 is 2.36 bits per heavy atom. The molecule has 0 spiro atoms. The number of hydrogen-bond acceptors (Lipinski definition) is 7. The third-order valence-corrected chi connectivity index (χ3v) is 6.19. The second-order valence-corrected chi connectivity index (χ2v) is 8.50. The van der Waals surface area contributed by atoms with E-state index in [1.54, 1.807) is 47.6 Å². The van der Waals surface area contributed by atoms with Crippen LogP contribution >= 0.6 is 0 Å². The topological polar surface area (TPSA) is 106 Å². The van der Waals surface area contributed by atoms with Crippen LogP contribution in [0.3, 0.4) is 0 Å². The number of nitro groups is 1. The van der Waals surface area contributed by atoms with Crippen LogP contribution in [0.5, 0.6) is 0 Å². The summed E-state index contributed by atoms with van der Waals surface area (Å²) in [5, 5.41) is 15.0. The highest BCUT2D eigenvalue weighted by molar-refractivity contribution is 5.93. The number of carbonyl (C=O) groups excluding carboxylic acids is 1. The van der Waals surface area contributed by atoms with E-state index in [-0.39, 0.29) is 22.9 Å². The number of non-ortho nitro benzene ring substituents is 1. The molecule has 182 valence electrons. The first-order chi connectivity index (χ1) is 17.5. The zero-order chi connectivity index (χ0) is 25.1. The lowest BCUT2D eigenvalue weighted by molar-refractivity contribution is -0.384. The minimum Gasteiger partial charge on any atom is -0.355 e. The van der Waals surface area contributed by atoms with E-state index in [1.807, 2.05) is 12.1 Å². The Kier molecular flexibility index (Phi) is 6.50. The lowest BCUT2D eigenvalue weighted by Crippen LogP contribution is -2.48. The summed E-state index contributed by atoms with van der Waals surface area (Å²) >= 11 is 0. The molecule has 9 nitrogen and oxygen atoms in total. The second-order valence-electron chi connectivity index (χ2n) is 8.50. The summed E-state index contributed by atoms with van der Waals surface area (Å²) in [5.74, 6) is -0.341. The van der Waals surface area contributed by atoms with Crippen LogP contribution in [-0.2, 0) is 6.54 Å². The molecule has 0 aliphatic carbocycles. The maximum absolute atomic E-state index is 14.2. The molecule has 1 aliphatic heterocycles. The minimum absolute atomic E-state index is 0.132. The summed E-state index contributed by atoms with van der Waals surface area (Å²) in [7, 11) is 0. The van der Waals surface area contributed by atoms with Crippen LogP contribution in [0.2, 0.25) is 0 Å². The molecule has 10 heteroatoms. The Morgan fingerprint density at radius 1 is 0.972 bits per heavy atom. The van der Waals surface area contributed by atoms with Crippen LogP contribution in [0.1, 0.15) is 16.1 Å². The van der Waals surface area contributed by atoms with E-state index in [4.69, 9.17) is 4.52 Å². The normalized spacial score (nSPS) is 14.1. The monoisotopic (exact) mass is 487 g/mol. The van der Waals surface area contributed by atoms with E-state index in [9.17, 15) is 19.3 Å². The van der Waals surface area contributed by atoms with Crippen molar-refractivity contribution in [1.29, 1.82) is 0 Å². The third-order valence-electron chi connectivity index (χ3n) is 6.19. The predicted molar refractivity (Wildman–Crippen MR) is 129 cm³/mol. The molecule has 1 fully saturated rings. The lowest BCUT2D eigenvalue weighted by atomic mass is 10.0. The summed E-state index contributed by atoms with van der Waals surface area (Å²) in [4.78, 5) is 31.5. The Labute approximate surface area is 205 Å².